The quantitative estimate of drug-likeness (QED) is 0.818. The number of aromatic nitrogens is 4. The van der Waals surface area contributed by atoms with E-state index in [0.29, 0.717) is 12.0 Å². The Morgan fingerprint density at radius 3 is 2.70 bits per heavy atom. The van der Waals surface area contributed by atoms with Crippen LogP contribution in [0.15, 0.2) is 18.6 Å². The lowest BCUT2D eigenvalue weighted by Gasteiger charge is -2.24. The Kier molecular flexibility index (Phi) is 5.14. The summed E-state index contributed by atoms with van der Waals surface area (Å²) in [5.74, 6) is 0.424. The van der Waals surface area contributed by atoms with Gasteiger partial charge < -0.3 is 0 Å². The predicted molar refractivity (Wildman–Crippen MR) is 80.7 cm³/mol. The number of likely N-dealkylation sites (N-methyl/N-ethyl adjacent to an activating group) is 1. The van der Waals surface area contributed by atoms with Gasteiger partial charge in [0.15, 0.2) is 0 Å². The van der Waals surface area contributed by atoms with Crippen LogP contribution in [0.25, 0.3) is 0 Å². The van der Waals surface area contributed by atoms with Crippen molar-refractivity contribution in [3.63, 3.8) is 0 Å². The molecule has 1 atom stereocenters. The van der Waals surface area contributed by atoms with E-state index in [0.717, 1.165) is 24.4 Å². The van der Waals surface area contributed by atoms with E-state index < -0.39 is 0 Å². The van der Waals surface area contributed by atoms with Gasteiger partial charge in [0.1, 0.15) is 0 Å². The lowest BCUT2D eigenvalue weighted by Crippen LogP contribution is -2.30. The highest BCUT2D eigenvalue weighted by Gasteiger charge is 2.17. The molecule has 2 aromatic rings. The average molecular weight is 291 g/mol. The number of hydrogen-bond donors (Lipinski definition) is 0. The van der Waals surface area contributed by atoms with E-state index in [9.17, 15) is 0 Å². The van der Waals surface area contributed by atoms with E-state index in [4.69, 9.17) is 0 Å². The van der Waals surface area contributed by atoms with Gasteiger partial charge in [0.25, 0.3) is 0 Å². The van der Waals surface area contributed by atoms with Gasteiger partial charge in [-0.25, -0.2) is 0 Å². The minimum absolute atomic E-state index is 0.397. The Morgan fingerprint density at radius 2 is 2.05 bits per heavy atom. The molecule has 0 N–H and O–H groups in total. The third-order valence-electron chi connectivity index (χ3n) is 3.40. The normalized spacial score (nSPS) is 13.1. The van der Waals surface area contributed by atoms with Crippen molar-refractivity contribution in [3.05, 3.63) is 34.9 Å². The van der Waals surface area contributed by atoms with Gasteiger partial charge >= 0.3 is 0 Å². The van der Waals surface area contributed by atoms with Crippen molar-refractivity contribution in [3.8, 4) is 0 Å². The maximum atomic E-state index is 4.33. The number of hydrogen-bond acceptors (Lipinski definition) is 6. The summed E-state index contributed by atoms with van der Waals surface area (Å²) in [5.41, 5.74) is 2.15. The summed E-state index contributed by atoms with van der Waals surface area (Å²) in [6.07, 6.45) is 6.17. The van der Waals surface area contributed by atoms with Gasteiger partial charge in [-0.05, 0) is 31.4 Å². The summed E-state index contributed by atoms with van der Waals surface area (Å²) >= 11 is 1.50. The van der Waals surface area contributed by atoms with Gasteiger partial charge in [0, 0.05) is 37.6 Å². The second-order valence-corrected chi connectivity index (χ2v) is 6.24. The molecule has 0 saturated heterocycles. The van der Waals surface area contributed by atoms with Crippen LogP contribution in [0.4, 0.5) is 0 Å². The summed E-state index contributed by atoms with van der Waals surface area (Å²) in [7, 11) is 2.13. The Balaban J connectivity index is 1.97. The molecule has 6 heteroatoms. The van der Waals surface area contributed by atoms with Gasteiger partial charge in [0.2, 0.25) is 0 Å². The first-order valence-corrected chi connectivity index (χ1v) is 7.61. The van der Waals surface area contributed by atoms with Crippen molar-refractivity contribution >= 4 is 11.5 Å². The molecule has 0 aliphatic heterocycles. The maximum absolute atomic E-state index is 4.33. The molecule has 0 aliphatic carbocycles. The van der Waals surface area contributed by atoms with Crippen LogP contribution in [-0.2, 0) is 13.0 Å². The molecule has 5 nitrogen and oxygen atoms in total. The molecule has 2 rings (SSSR count). The lowest BCUT2D eigenvalue weighted by molar-refractivity contribution is 0.248. The van der Waals surface area contributed by atoms with E-state index in [2.05, 4.69) is 52.3 Å². The molecule has 0 aliphatic rings. The van der Waals surface area contributed by atoms with Crippen LogP contribution in [0.3, 0.4) is 0 Å². The van der Waals surface area contributed by atoms with Crippen molar-refractivity contribution in [2.24, 2.45) is 0 Å². The largest absolute Gasteiger partial charge is 0.298 e. The first-order chi connectivity index (χ1) is 9.58. The topological polar surface area (TPSA) is 54.8 Å². The zero-order chi connectivity index (χ0) is 14.5. The summed E-state index contributed by atoms with van der Waals surface area (Å²) < 4.78 is 4.08. The zero-order valence-electron chi connectivity index (χ0n) is 12.4. The first kappa shape index (κ1) is 15.0. The van der Waals surface area contributed by atoms with Gasteiger partial charge in [-0.3, -0.25) is 14.9 Å². The highest BCUT2D eigenvalue weighted by Crippen LogP contribution is 2.21. The number of nitrogens with zero attached hydrogens (tertiary/aromatic N) is 5. The Morgan fingerprint density at radius 1 is 1.25 bits per heavy atom. The molecule has 0 aromatic carbocycles. The fourth-order valence-electron chi connectivity index (χ4n) is 2.04. The van der Waals surface area contributed by atoms with Crippen molar-refractivity contribution < 1.29 is 0 Å². The van der Waals surface area contributed by atoms with Crippen molar-refractivity contribution in [1.82, 2.24) is 24.5 Å². The molecule has 2 aromatic heterocycles. The monoisotopic (exact) mass is 291 g/mol. The van der Waals surface area contributed by atoms with E-state index in [1.807, 2.05) is 6.20 Å². The van der Waals surface area contributed by atoms with Crippen LogP contribution in [-0.4, -0.2) is 37.5 Å². The van der Waals surface area contributed by atoms with Crippen LogP contribution in [0.2, 0.25) is 0 Å². The molecular formula is C14H21N5S. The standard InChI is InChI=1S/C14H21N5S/c1-10(2)14-13(20-18-17-14)9-19(4)11(3)7-12-8-15-5-6-16-12/h5-6,8,10-11H,7,9H2,1-4H3/t11-/m1/s1. The first-order valence-electron chi connectivity index (χ1n) is 6.84. The fourth-order valence-corrected chi connectivity index (χ4v) is 2.90. The van der Waals surface area contributed by atoms with E-state index in [1.54, 1.807) is 12.4 Å². The highest BCUT2D eigenvalue weighted by molar-refractivity contribution is 7.05. The van der Waals surface area contributed by atoms with Gasteiger partial charge in [0.05, 0.1) is 16.3 Å². The summed E-state index contributed by atoms with van der Waals surface area (Å²) in [6.45, 7) is 7.40. The molecule has 0 radical (unpaired) electrons. The SMILES string of the molecule is CC(C)c1nnsc1CN(C)[C@H](C)Cc1cnccn1. The van der Waals surface area contributed by atoms with E-state index in [1.165, 1.54) is 16.4 Å². The predicted octanol–water partition coefficient (Wildman–Crippen LogP) is 2.51. The number of rotatable bonds is 6. The minimum Gasteiger partial charge on any atom is -0.298 e. The minimum atomic E-state index is 0.397. The molecule has 0 unspecified atom stereocenters. The molecule has 2 heterocycles. The van der Waals surface area contributed by atoms with Gasteiger partial charge in [-0.15, -0.1) is 5.10 Å². The van der Waals surface area contributed by atoms with Crippen LogP contribution in [0, 0.1) is 0 Å². The van der Waals surface area contributed by atoms with Crippen molar-refractivity contribution in [2.45, 2.75) is 45.7 Å². The summed E-state index contributed by atoms with van der Waals surface area (Å²) in [5, 5.41) is 4.23. The van der Waals surface area contributed by atoms with Crippen molar-refractivity contribution in [1.29, 1.82) is 0 Å². The molecule has 20 heavy (non-hydrogen) atoms. The molecule has 0 amide bonds. The third kappa shape index (κ3) is 3.80. The molecule has 108 valence electrons. The smallest absolute Gasteiger partial charge is 0.0826 e. The molecule has 0 bridgehead atoms. The Bertz CT molecular complexity index is 525. The second-order valence-electron chi connectivity index (χ2n) is 5.40. The van der Waals surface area contributed by atoms with Crippen LogP contribution in [0.5, 0.6) is 0 Å². The molecule has 0 fully saturated rings. The summed E-state index contributed by atoms with van der Waals surface area (Å²) in [6, 6.07) is 0.397. The molecule has 0 saturated carbocycles. The third-order valence-corrected chi connectivity index (χ3v) is 4.12. The van der Waals surface area contributed by atoms with E-state index in [-0.39, 0.29) is 0 Å². The molecule has 0 spiro atoms. The fraction of sp³-hybridized carbons (Fsp3) is 0.571. The zero-order valence-corrected chi connectivity index (χ0v) is 13.3. The molecular weight excluding hydrogens is 270 g/mol. The van der Waals surface area contributed by atoms with Crippen LogP contribution < -0.4 is 0 Å². The Hall–Kier alpha value is -1.40. The van der Waals surface area contributed by atoms with E-state index >= 15 is 0 Å². The van der Waals surface area contributed by atoms with Crippen LogP contribution >= 0.6 is 11.5 Å². The maximum Gasteiger partial charge on any atom is 0.0826 e. The Labute approximate surface area is 124 Å². The lowest BCUT2D eigenvalue weighted by atomic mass is 10.1. The highest BCUT2D eigenvalue weighted by atomic mass is 32.1. The van der Waals surface area contributed by atoms with Gasteiger partial charge in [-0.1, -0.05) is 18.3 Å². The second kappa shape index (κ2) is 6.85. The van der Waals surface area contributed by atoms with Gasteiger partial charge in [-0.2, -0.15) is 0 Å². The summed E-state index contributed by atoms with van der Waals surface area (Å²) in [4.78, 5) is 12.0. The van der Waals surface area contributed by atoms with Crippen molar-refractivity contribution in [2.75, 3.05) is 7.05 Å². The van der Waals surface area contributed by atoms with Crippen LogP contribution in [0.1, 0.15) is 43.0 Å². The average Bonchev–Trinajstić information content (AvgIpc) is 2.88.